The van der Waals surface area contributed by atoms with Crippen molar-refractivity contribution < 1.29 is 30.0 Å². The van der Waals surface area contributed by atoms with Crippen LogP contribution in [0.5, 0.6) is 11.5 Å². The van der Waals surface area contributed by atoms with Crippen molar-refractivity contribution in [2.24, 2.45) is 0 Å². The maximum absolute atomic E-state index is 14.5. The number of ether oxygens (including phenoxy) is 1. The molecule has 0 unspecified atom stereocenters. The molecule has 0 bridgehead atoms. The minimum Gasteiger partial charge on any atom is -0.489 e. The summed E-state index contributed by atoms with van der Waals surface area (Å²) < 4.78 is 73.0. The van der Waals surface area contributed by atoms with Crippen molar-refractivity contribution in [3.8, 4) is 17.2 Å². The van der Waals surface area contributed by atoms with Gasteiger partial charge in [0.1, 0.15) is 36.1 Å². The lowest BCUT2D eigenvalue weighted by Crippen LogP contribution is -2.14. The Morgan fingerprint density at radius 2 is 1.60 bits per heavy atom. The van der Waals surface area contributed by atoms with Crippen molar-refractivity contribution in [3.05, 3.63) is 65.7 Å². The first-order valence-corrected chi connectivity index (χ1v) is 10.0. The zero-order chi connectivity index (χ0) is 22.1. The van der Waals surface area contributed by atoms with Gasteiger partial charge in [-0.05, 0) is 24.3 Å². The average Bonchev–Trinajstić information content (AvgIpc) is 3.11. The van der Waals surface area contributed by atoms with Crippen LogP contribution in [-0.4, -0.2) is 23.2 Å². The highest BCUT2D eigenvalue weighted by Crippen LogP contribution is 2.24. The number of rotatable bonds is 6. The van der Waals surface area contributed by atoms with Gasteiger partial charge in [-0.1, -0.05) is 24.7 Å². The van der Waals surface area contributed by atoms with Crippen molar-refractivity contribution in [1.29, 1.82) is 0 Å². The van der Waals surface area contributed by atoms with E-state index >= 15 is 0 Å². The Hall–Kier alpha value is -3.08. The molecule has 1 heterocycles. The molecule has 160 valence electrons. The third-order valence-corrected chi connectivity index (χ3v) is 4.35. The lowest BCUT2D eigenvalue weighted by Gasteiger charge is -2.13. The van der Waals surface area contributed by atoms with Gasteiger partial charge in [0.2, 0.25) is 0 Å². The SMILES string of the molecule is CC(C)(C)c1ncn(-c2cc(F)c(COc3ccc(OS(=O)(=O)F)cc3)c(F)c2)n1. The van der Waals surface area contributed by atoms with E-state index in [9.17, 15) is 21.1 Å². The van der Waals surface area contributed by atoms with E-state index < -0.39 is 28.7 Å². The lowest BCUT2D eigenvalue weighted by molar-refractivity contribution is 0.292. The predicted molar refractivity (Wildman–Crippen MR) is 101 cm³/mol. The Morgan fingerprint density at radius 3 is 2.10 bits per heavy atom. The van der Waals surface area contributed by atoms with Gasteiger partial charge in [0.25, 0.3) is 0 Å². The molecule has 0 saturated heterocycles. The Kier molecular flexibility index (Phi) is 5.75. The molecule has 7 nitrogen and oxygen atoms in total. The van der Waals surface area contributed by atoms with Crippen LogP contribution in [0.25, 0.3) is 5.69 Å². The summed E-state index contributed by atoms with van der Waals surface area (Å²) in [6.07, 6.45) is 1.38. The second-order valence-corrected chi connectivity index (χ2v) is 8.34. The number of hydrogen-bond donors (Lipinski definition) is 0. The van der Waals surface area contributed by atoms with Gasteiger partial charge >= 0.3 is 10.5 Å². The molecule has 0 fully saturated rings. The van der Waals surface area contributed by atoms with Gasteiger partial charge in [-0.2, -0.15) is 13.5 Å². The van der Waals surface area contributed by atoms with E-state index in [0.29, 0.717) is 5.82 Å². The molecule has 0 aliphatic heterocycles. The van der Waals surface area contributed by atoms with Gasteiger partial charge in [-0.3, -0.25) is 0 Å². The molecule has 0 amide bonds. The molecule has 0 aliphatic carbocycles. The van der Waals surface area contributed by atoms with Gasteiger partial charge in [-0.15, -0.1) is 0 Å². The van der Waals surface area contributed by atoms with E-state index in [0.717, 1.165) is 24.3 Å². The van der Waals surface area contributed by atoms with E-state index in [-0.39, 0.29) is 28.2 Å². The molecule has 3 rings (SSSR count). The second kappa shape index (κ2) is 7.98. The summed E-state index contributed by atoms with van der Waals surface area (Å²) in [5.74, 6) is -1.23. The number of benzene rings is 2. The number of nitrogens with zero attached hydrogens (tertiary/aromatic N) is 3. The van der Waals surface area contributed by atoms with Crippen molar-refractivity contribution in [1.82, 2.24) is 14.8 Å². The number of halogens is 3. The zero-order valence-corrected chi connectivity index (χ0v) is 17.1. The predicted octanol–water partition coefficient (Wildman–Crippen LogP) is 4.02. The smallest absolute Gasteiger partial charge is 0.488 e. The molecule has 0 spiro atoms. The zero-order valence-electron chi connectivity index (χ0n) is 16.3. The van der Waals surface area contributed by atoms with E-state index in [4.69, 9.17) is 4.74 Å². The Balaban J connectivity index is 1.74. The molecule has 0 N–H and O–H groups in total. The summed E-state index contributed by atoms with van der Waals surface area (Å²) in [7, 11) is -5.14. The van der Waals surface area contributed by atoms with Crippen LogP contribution in [0.3, 0.4) is 0 Å². The standard InChI is InChI=1S/C19H18F3N3O4S/c1-19(2,3)18-23-11-25(24-18)12-8-16(20)15(17(21)9-12)10-28-13-4-6-14(7-5-13)29-30(22,26)27/h4-9,11H,10H2,1-3H3. The van der Waals surface area contributed by atoms with Gasteiger partial charge in [0.15, 0.2) is 5.82 Å². The average molecular weight is 441 g/mol. The Labute approximate surface area is 171 Å². The van der Waals surface area contributed by atoms with Crippen LogP contribution in [0, 0.1) is 11.6 Å². The first-order valence-electron chi connectivity index (χ1n) is 8.70. The van der Waals surface area contributed by atoms with Crippen LogP contribution in [0.2, 0.25) is 0 Å². The summed E-state index contributed by atoms with van der Waals surface area (Å²) in [5, 5.41) is 4.25. The monoisotopic (exact) mass is 441 g/mol. The summed E-state index contributed by atoms with van der Waals surface area (Å²) in [5.41, 5.74) is -0.447. The topological polar surface area (TPSA) is 83.3 Å². The van der Waals surface area contributed by atoms with Crippen LogP contribution in [-0.2, 0) is 22.5 Å². The summed E-state index contributed by atoms with van der Waals surface area (Å²) in [6, 6.07) is 7.06. The van der Waals surface area contributed by atoms with E-state index in [2.05, 4.69) is 14.3 Å². The maximum Gasteiger partial charge on any atom is 0.488 e. The van der Waals surface area contributed by atoms with E-state index in [1.54, 1.807) is 0 Å². The van der Waals surface area contributed by atoms with Crippen LogP contribution in [0.1, 0.15) is 32.2 Å². The van der Waals surface area contributed by atoms with E-state index in [1.165, 1.54) is 23.1 Å². The fraction of sp³-hybridized carbons (Fsp3) is 0.263. The molecule has 0 saturated carbocycles. The first-order chi connectivity index (χ1) is 13.9. The molecule has 0 radical (unpaired) electrons. The van der Waals surface area contributed by atoms with Gasteiger partial charge in [-0.25, -0.2) is 18.4 Å². The fourth-order valence-electron chi connectivity index (χ4n) is 2.45. The minimum absolute atomic E-state index is 0.172. The molecular formula is C19H18F3N3O4S. The van der Waals surface area contributed by atoms with Crippen LogP contribution in [0.4, 0.5) is 12.7 Å². The lowest BCUT2D eigenvalue weighted by atomic mass is 9.96. The molecule has 1 aromatic heterocycles. The van der Waals surface area contributed by atoms with Crippen molar-refractivity contribution in [2.75, 3.05) is 0 Å². The van der Waals surface area contributed by atoms with Gasteiger partial charge in [0, 0.05) is 17.5 Å². The van der Waals surface area contributed by atoms with Crippen molar-refractivity contribution in [2.45, 2.75) is 32.8 Å². The largest absolute Gasteiger partial charge is 0.489 e. The summed E-state index contributed by atoms with van der Waals surface area (Å²) in [4.78, 5) is 4.16. The van der Waals surface area contributed by atoms with Crippen LogP contribution in [0.15, 0.2) is 42.7 Å². The van der Waals surface area contributed by atoms with Gasteiger partial charge < -0.3 is 8.92 Å². The minimum atomic E-state index is -5.14. The molecule has 3 aromatic rings. The molecular weight excluding hydrogens is 423 g/mol. The van der Waals surface area contributed by atoms with Crippen molar-refractivity contribution in [3.63, 3.8) is 0 Å². The maximum atomic E-state index is 14.5. The first kappa shape index (κ1) is 21.6. The highest BCUT2D eigenvalue weighted by Gasteiger charge is 2.20. The van der Waals surface area contributed by atoms with Crippen LogP contribution >= 0.6 is 0 Å². The normalized spacial score (nSPS) is 12.1. The third kappa shape index (κ3) is 5.29. The van der Waals surface area contributed by atoms with Crippen molar-refractivity contribution >= 4 is 10.5 Å². The second-order valence-electron chi connectivity index (χ2n) is 7.39. The Morgan fingerprint density at radius 1 is 1.03 bits per heavy atom. The van der Waals surface area contributed by atoms with Gasteiger partial charge in [0.05, 0.1) is 11.3 Å². The molecule has 2 aromatic carbocycles. The Bertz CT molecular complexity index is 1130. The highest BCUT2D eigenvalue weighted by molar-refractivity contribution is 7.81. The van der Waals surface area contributed by atoms with E-state index in [1.807, 2.05) is 20.8 Å². The quantitative estimate of drug-likeness (QED) is 0.538. The molecule has 11 heteroatoms. The summed E-state index contributed by atoms with van der Waals surface area (Å²) in [6.45, 7) is 5.33. The third-order valence-electron chi connectivity index (χ3n) is 3.96. The molecule has 30 heavy (non-hydrogen) atoms. The molecule has 0 atom stereocenters. The number of aromatic nitrogens is 3. The number of hydrogen-bond acceptors (Lipinski definition) is 6. The molecule has 0 aliphatic rings. The summed E-state index contributed by atoms with van der Waals surface area (Å²) >= 11 is 0. The van der Waals surface area contributed by atoms with Crippen LogP contribution < -0.4 is 8.92 Å². The fourth-order valence-corrected chi connectivity index (χ4v) is 2.79. The highest BCUT2D eigenvalue weighted by atomic mass is 32.3.